The zero-order valence-electron chi connectivity index (χ0n) is 18.1. The Hall–Kier alpha value is -2.60. The van der Waals surface area contributed by atoms with Crippen LogP contribution in [0.2, 0.25) is 0 Å². The Balaban J connectivity index is 1.92. The third kappa shape index (κ3) is 4.75. The van der Waals surface area contributed by atoms with E-state index in [0.29, 0.717) is 22.5 Å². The van der Waals surface area contributed by atoms with Gasteiger partial charge in [0, 0.05) is 25.3 Å². The fourth-order valence-corrected chi connectivity index (χ4v) is 4.45. The van der Waals surface area contributed by atoms with E-state index in [1.165, 1.54) is 11.8 Å². The van der Waals surface area contributed by atoms with Gasteiger partial charge in [0.1, 0.15) is 0 Å². The molecule has 0 saturated heterocycles. The van der Waals surface area contributed by atoms with E-state index >= 15 is 0 Å². The van der Waals surface area contributed by atoms with E-state index < -0.39 is 0 Å². The number of hydrogen-bond acceptors (Lipinski definition) is 4. The second-order valence-electron chi connectivity index (χ2n) is 7.36. The van der Waals surface area contributed by atoms with E-state index in [0.717, 1.165) is 42.1 Å². The number of para-hydroxylation sites is 1. The number of aromatic nitrogens is 2. The van der Waals surface area contributed by atoms with Crippen molar-refractivity contribution < 1.29 is 4.79 Å². The van der Waals surface area contributed by atoms with Crippen molar-refractivity contribution in [1.82, 2.24) is 14.5 Å². The zero-order valence-corrected chi connectivity index (χ0v) is 19.0. The van der Waals surface area contributed by atoms with Crippen LogP contribution in [0.1, 0.15) is 37.8 Å². The minimum Gasteiger partial charge on any atom is -0.343 e. The molecule has 0 aliphatic rings. The Morgan fingerprint density at radius 2 is 1.83 bits per heavy atom. The highest BCUT2D eigenvalue weighted by Crippen LogP contribution is 2.24. The van der Waals surface area contributed by atoms with Crippen LogP contribution in [0.3, 0.4) is 0 Å². The Morgan fingerprint density at radius 3 is 2.57 bits per heavy atom. The number of carbonyl (C=O) groups is 1. The molecule has 0 aliphatic heterocycles. The summed E-state index contributed by atoms with van der Waals surface area (Å²) in [5.74, 6) is 0.904. The van der Waals surface area contributed by atoms with Gasteiger partial charge in [0.05, 0.1) is 16.6 Å². The maximum atomic E-state index is 13.4. The second-order valence-corrected chi connectivity index (χ2v) is 8.42. The monoisotopic (exact) mass is 423 g/mol. The van der Waals surface area contributed by atoms with Crippen LogP contribution in [0.25, 0.3) is 16.6 Å². The molecule has 3 rings (SSSR count). The molecule has 0 radical (unpaired) electrons. The Morgan fingerprint density at radius 1 is 1.10 bits per heavy atom. The first-order chi connectivity index (χ1) is 14.5. The highest BCUT2D eigenvalue weighted by Gasteiger charge is 2.15. The van der Waals surface area contributed by atoms with E-state index in [1.807, 2.05) is 75.1 Å². The van der Waals surface area contributed by atoms with Crippen molar-refractivity contribution in [3.63, 3.8) is 0 Å². The van der Waals surface area contributed by atoms with E-state index in [9.17, 15) is 9.59 Å². The highest BCUT2D eigenvalue weighted by atomic mass is 32.2. The maximum absolute atomic E-state index is 13.4. The normalized spacial score (nSPS) is 11.1. The number of aryl methyl sites for hydroxylation is 2. The molecule has 30 heavy (non-hydrogen) atoms. The largest absolute Gasteiger partial charge is 0.343 e. The van der Waals surface area contributed by atoms with Crippen LogP contribution in [0.5, 0.6) is 0 Å². The Bertz CT molecular complexity index is 1100. The first-order valence-electron chi connectivity index (χ1n) is 10.5. The van der Waals surface area contributed by atoms with Crippen molar-refractivity contribution >= 4 is 28.6 Å². The van der Waals surface area contributed by atoms with E-state index in [4.69, 9.17) is 4.98 Å². The number of thioether (sulfide) groups is 1. The number of benzene rings is 2. The lowest BCUT2D eigenvalue weighted by Crippen LogP contribution is -2.30. The third-order valence-corrected chi connectivity index (χ3v) is 6.26. The average molecular weight is 424 g/mol. The van der Waals surface area contributed by atoms with Gasteiger partial charge in [-0.05, 0) is 63.4 Å². The van der Waals surface area contributed by atoms with E-state index in [2.05, 4.69) is 0 Å². The molecule has 1 amide bonds. The molecule has 1 aromatic heterocycles. The number of amides is 1. The van der Waals surface area contributed by atoms with Gasteiger partial charge >= 0.3 is 0 Å². The molecule has 0 spiro atoms. The number of hydrogen-bond donors (Lipinski definition) is 0. The summed E-state index contributed by atoms with van der Waals surface area (Å²) in [4.78, 5) is 32.3. The van der Waals surface area contributed by atoms with E-state index in [1.54, 1.807) is 4.57 Å². The fourth-order valence-electron chi connectivity index (χ4n) is 3.50. The lowest BCUT2D eigenvalue weighted by Gasteiger charge is -2.18. The summed E-state index contributed by atoms with van der Waals surface area (Å²) in [7, 11) is 0. The predicted molar refractivity (Wildman–Crippen MR) is 125 cm³/mol. The minimum atomic E-state index is -0.0592. The van der Waals surface area contributed by atoms with Gasteiger partial charge in [-0.25, -0.2) is 4.98 Å². The maximum Gasteiger partial charge on any atom is 0.266 e. The molecule has 6 heteroatoms. The first kappa shape index (κ1) is 22.1. The van der Waals surface area contributed by atoms with Gasteiger partial charge in [0.25, 0.3) is 5.56 Å². The van der Waals surface area contributed by atoms with Crippen LogP contribution in [0.15, 0.2) is 52.4 Å². The van der Waals surface area contributed by atoms with Gasteiger partial charge in [-0.1, -0.05) is 36.0 Å². The third-order valence-electron chi connectivity index (χ3n) is 5.23. The Labute approximate surface area is 182 Å². The van der Waals surface area contributed by atoms with Crippen LogP contribution >= 0.6 is 11.8 Å². The molecule has 0 N–H and O–H groups in total. The van der Waals surface area contributed by atoms with Crippen molar-refractivity contribution in [1.29, 1.82) is 0 Å². The lowest BCUT2D eigenvalue weighted by molar-refractivity contribution is -0.130. The summed E-state index contributed by atoms with van der Waals surface area (Å²) in [5.41, 5.74) is 3.62. The smallest absolute Gasteiger partial charge is 0.266 e. The lowest BCUT2D eigenvalue weighted by atomic mass is 10.1. The Kier molecular flexibility index (Phi) is 7.32. The summed E-state index contributed by atoms with van der Waals surface area (Å²) in [6.07, 6.45) is 1.26. The summed E-state index contributed by atoms with van der Waals surface area (Å²) in [6.45, 7) is 9.50. The molecule has 1 heterocycles. The molecule has 0 fully saturated rings. The van der Waals surface area contributed by atoms with Gasteiger partial charge in [-0.15, -0.1) is 0 Å². The van der Waals surface area contributed by atoms with Gasteiger partial charge in [0.2, 0.25) is 5.91 Å². The summed E-state index contributed by atoms with van der Waals surface area (Å²) >= 11 is 1.54. The molecule has 5 nitrogen and oxygen atoms in total. The molecule has 2 aromatic carbocycles. The van der Waals surface area contributed by atoms with Crippen LogP contribution in [-0.4, -0.2) is 39.2 Å². The van der Waals surface area contributed by atoms with Gasteiger partial charge in [-0.2, -0.15) is 0 Å². The van der Waals surface area contributed by atoms with Gasteiger partial charge < -0.3 is 4.90 Å². The van der Waals surface area contributed by atoms with Crippen LogP contribution in [0.4, 0.5) is 0 Å². The molecule has 3 aromatic rings. The van der Waals surface area contributed by atoms with Crippen molar-refractivity contribution in [2.75, 3.05) is 18.8 Å². The molecule has 0 unspecified atom stereocenters. The molecule has 0 saturated carbocycles. The quantitative estimate of drug-likeness (QED) is 0.298. The predicted octanol–water partition coefficient (Wildman–Crippen LogP) is 4.74. The number of nitrogens with zero attached hydrogens (tertiary/aromatic N) is 3. The van der Waals surface area contributed by atoms with Crippen LogP contribution in [0, 0.1) is 13.8 Å². The van der Waals surface area contributed by atoms with Crippen molar-refractivity contribution in [3.05, 3.63) is 63.9 Å². The average Bonchev–Trinajstić information content (AvgIpc) is 2.74. The topological polar surface area (TPSA) is 55.2 Å². The number of carbonyl (C=O) groups excluding carboxylic acids is 1. The molecule has 0 aliphatic carbocycles. The molecule has 0 atom stereocenters. The van der Waals surface area contributed by atoms with Crippen molar-refractivity contribution in [3.8, 4) is 5.69 Å². The number of rotatable bonds is 8. The van der Waals surface area contributed by atoms with Crippen molar-refractivity contribution in [2.24, 2.45) is 0 Å². The zero-order chi connectivity index (χ0) is 21.7. The summed E-state index contributed by atoms with van der Waals surface area (Å²) in [5, 5.41) is 1.28. The van der Waals surface area contributed by atoms with Gasteiger partial charge in [0.15, 0.2) is 5.16 Å². The van der Waals surface area contributed by atoms with Gasteiger partial charge in [-0.3, -0.25) is 14.2 Å². The van der Waals surface area contributed by atoms with Crippen LogP contribution < -0.4 is 5.56 Å². The fraction of sp³-hybridized carbons (Fsp3) is 0.375. The summed E-state index contributed by atoms with van der Waals surface area (Å²) in [6, 6.07) is 13.6. The standard InChI is InChI=1S/C24H29N3O2S/c1-5-26(6-2)22(28)12-9-15-30-24-25-20-11-8-7-10-19(20)23(29)27(24)21-16-17(3)13-14-18(21)4/h7-8,10-11,13-14,16H,5-6,9,12,15H2,1-4H3. The number of fused-ring (bicyclic) bond motifs is 1. The summed E-state index contributed by atoms with van der Waals surface area (Å²) < 4.78 is 1.72. The molecule has 0 bridgehead atoms. The highest BCUT2D eigenvalue weighted by molar-refractivity contribution is 7.99. The second kappa shape index (κ2) is 9.94. The minimum absolute atomic E-state index is 0.0592. The SMILES string of the molecule is CCN(CC)C(=O)CCCSc1nc2ccccc2c(=O)n1-c1cc(C)ccc1C. The first-order valence-corrected chi connectivity index (χ1v) is 11.4. The van der Waals surface area contributed by atoms with Crippen molar-refractivity contribution in [2.45, 2.75) is 45.7 Å². The van der Waals surface area contributed by atoms with Crippen LogP contribution in [-0.2, 0) is 4.79 Å². The molecular weight excluding hydrogens is 394 g/mol. The molecular formula is C24H29N3O2S. The van der Waals surface area contributed by atoms with E-state index in [-0.39, 0.29) is 11.5 Å². The molecule has 158 valence electrons.